The molecular formula is C12H15NO3. The van der Waals surface area contributed by atoms with Gasteiger partial charge < -0.3 is 14.8 Å². The molecule has 1 aliphatic rings. The standard InChI is InChI=1S/C12H15NO3/c1-15-10-5-2-4-9(8-10)13-12(14)11-6-3-7-16-11/h2,4-5,8,11H,3,6-7H2,1H3,(H,13,14)/t11-/m1/s1. The van der Waals surface area contributed by atoms with Gasteiger partial charge in [0.05, 0.1) is 7.11 Å². The zero-order valence-corrected chi connectivity index (χ0v) is 9.23. The highest BCUT2D eigenvalue weighted by molar-refractivity contribution is 5.94. The average Bonchev–Trinajstić information content (AvgIpc) is 2.83. The second kappa shape index (κ2) is 4.99. The molecule has 16 heavy (non-hydrogen) atoms. The number of methoxy groups -OCH3 is 1. The number of anilines is 1. The number of hydrogen-bond donors (Lipinski definition) is 1. The Labute approximate surface area is 94.6 Å². The third kappa shape index (κ3) is 2.52. The fourth-order valence-electron chi connectivity index (χ4n) is 1.71. The lowest BCUT2D eigenvalue weighted by atomic mass is 10.2. The summed E-state index contributed by atoms with van der Waals surface area (Å²) in [7, 11) is 1.60. The van der Waals surface area contributed by atoms with E-state index < -0.39 is 0 Å². The quantitative estimate of drug-likeness (QED) is 0.846. The second-order valence-electron chi connectivity index (χ2n) is 3.72. The number of carbonyl (C=O) groups is 1. The number of nitrogens with one attached hydrogen (secondary N) is 1. The first-order valence-electron chi connectivity index (χ1n) is 5.36. The Hall–Kier alpha value is -1.55. The highest BCUT2D eigenvalue weighted by Crippen LogP contribution is 2.19. The van der Waals surface area contributed by atoms with Gasteiger partial charge in [-0.05, 0) is 25.0 Å². The van der Waals surface area contributed by atoms with Crippen molar-refractivity contribution < 1.29 is 14.3 Å². The normalized spacial score (nSPS) is 19.4. The van der Waals surface area contributed by atoms with E-state index >= 15 is 0 Å². The van der Waals surface area contributed by atoms with Crippen molar-refractivity contribution >= 4 is 11.6 Å². The third-order valence-corrected chi connectivity index (χ3v) is 2.56. The highest BCUT2D eigenvalue weighted by Gasteiger charge is 2.23. The minimum absolute atomic E-state index is 0.0780. The molecule has 0 saturated carbocycles. The Morgan fingerprint density at radius 2 is 2.44 bits per heavy atom. The third-order valence-electron chi connectivity index (χ3n) is 2.56. The van der Waals surface area contributed by atoms with E-state index in [9.17, 15) is 4.79 Å². The second-order valence-corrected chi connectivity index (χ2v) is 3.72. The van der Waals surface area contributed by atoms with Crippen molar-refractivity contribution in [3.63, 3.8) is 0 Å². The summed E-state index contributed by atoms with van der Waals surface area (Å²) in [5.74, 6) is 0.649. The van der Waals surface area contributed by atoms with Crippen molar-refractivity contribution in [3.8, 4) is 5.75 Å². The van der Waals surface area contributed by atoms with E-state index in [0.717, 1.165) is 24.3 Å². The molecule has 0 bridgehead atoms. The Morgan fingerprint density at radius 3 is 3.12 bits per heavy atom. The summed E-state index contributed by atoms with van der Waals surface area (Å²) in [5, 5.41) is 2.81. The zero-order chi connectivity index (χ0) is 11.4. The molecule has 1 aromatic carbocycles. The summed E-state index contributed by atoms with van der Waals surface area (Å²) < 4.78 is 10.4. The van der Waals surface area contributed by atoms with Crippen LogP contribution in [-0.4, -0.2) is 25.7 Å². The van der Waals surface area contributed by atoms with Crippen LogP contribution in [0.5, 0.6) is 5.75 Å². The molecule has 1 fully saturated rings. The molecular weight excluding hydrogens is 206 g/mol. The van der Waals surface area contributed by atoms with Gasteiger partial charge in [0, 0.05) is 18.4 Å². The zero-order valence-electron chi connectivity index (χ0n) is 9.23. The van der Waals surface area contributed by atoms with Crippen molar-refractivity contribution in [2.45, 2.75) is 18.9 Å². The Bertz CT molecular complexity index is 372. The van der Waals surface area contributed by atoms with E-state index in [4.69, 9.17) is 9.47 Å². The van der Waals surface area contributed by atoms with Gasteiger partial charge in [-0.25, -0.2) is 0 Å². The first-order valence-corrected chi connectivity index (χ1v) is 5.36. The van der Waals surface area contributed by atoms with Crippen molar-refractivity contribution in [3.05, 3.63) is 24.3 Å². The number of amides is 1. The first-order chi connectivity index (χ1) is 7.79. The highest BCUT2D eigenvalue weighted by atomic mass is 16.5. The lowest BCUT2D eigenvalue weighted by Crippen LogP contribution is -2.26. The Kier molecular flexibility index (Phi) is 3.41. The van der Waals surface area contributed by atoms with Crippen molar-refractivity contribution in [1.82, 2.24) is 0 Å². The molecule has 1 N–H and O–H groups in total. The van der Waals surface area contributed by atoms with Crippen molar-refractivity contribution in [2.24, 2.45) is 0 Å². The summed E-state index contributed by atoms with van der Waals surface area (Å²) in [6, 6.07) is 7.29. The molecule has 1 saturated heterocycles. The van der Waals surface area contributed by atoms with Crippen LogP contribution in [0.15, 0.2) is 24.3 Å². The van der Waals surface area contributed by atoms with Crippen molar-refractivity contribution in [1.29, 1.82) is 0 Å². The number of benzene rings is 1. The van der Waals surface area contributed by atoms with Crippen LogP contribution in [0, 0.1) is 0 Å². The molecule has 4 nitrogen and oxygen atoms in total. The first kappa shape index (κ1) is 11.0. The largest absolute Gasteiger partial charge is 0.497 e. The summed E-state index contributed by atoms with van der Waals surface area (Å²) >= 11 is 0. The minimum atomic E-state index is -0.300. The van der Waals surface area contributed by atoms with Gasteiger partial charge in [0.15, 0.2) is 0 Å². The van der Waals surface area contributed by atoms with Gasteiger partial charge in [0.25, 0.3) is 5.91 Å². The molecule has 0 aliphatic carbocycles. The lowest BCUT2D eigenvalue weighted by molar-refractivity contribution is -0.124. The van der Waals surface area contributed by atoms with Gasteiger partial charge in [-0.15, -0.1) is 0 Å². The summed E-state index contributed by atoms with van der Waals surface area (Å²) in [6.45, 7) is 0.677. The predicted octanol–water partition coefficient (Wildman–Crippen LogP) is 1.81. The van der Waals surface area contributed by atoms with Crippen LogP contribution >= 0.6 is 0 Å². The minimum Gasteiger partial charge on any atom is -0.497 e. The molecule has 0 spiro atoms. The van der Waals surface area contributed by atoms with E-state index in [1.165, 1.54) is 0 Å². The average molecular weight is 221 g/mol. The number of rotatable bonds is 3. The summed E-state index contributed by atoms with van der Waals surface area (Å²) in [5.41, 5.74) is 0.736. The van der Waals surface area contributed by atoms with Crippen LogP contribution in [0.4, 0.5) is 5.69 Å². The molecule has 1 heterocycles. The van der Waals surface area contributed by atoms with Crippen molar-refractivity contribution in [2.75, 3.05) is 19.0 Å². The molecule has 4 heteroatoms. The monoisotopic (exact) mass is 221 g/mol. The molecule has 2 rings (SSSR count). The number of carbonyl (C=O) groups excluding carboxylic acids is 1. The number of hydrogen-bond acceptors (Lipinski definition) is 3. The molecule has 1 amide bonds. The van der Waals surface area contributed by atoms with E-state index in [-0.39, 0.29) is 12.0 Å². The lowest BCUT2D eigenvalue weighted by Gasteiger charge is -2.10. The van der Waals surface area contributed by atoms with Gasteiger partial charge in [-0.2, -0.15) is 0 Å². The van der Waals surface area contributed by atoms with Gasteiger partial charge in [0.1, 0.15) is 11.9 Å². The van der Waals surface area contributed by atoms with E-state index in [2.05, 4.69) is 5.32 Å². The smallest absolute Gasteiger partial charge is 0.253 e. The van der Waals surface area contributed by atoms with Crippen LogP contribution in [0.3, 0.4) is 0 Å². The van der Waals surface area contributed by atoms with E-state index in [0.29, 0.717) is 6.61 Å². The maximum atomic E-state index is 11.7. The summed E-state index contributed by atoms with van der Waals surface area (Å²) in [6.07, 6.45) is 1.46. The van der Waals surface area contributed by atoms with Crippen LogP contribution in [0.1, 0.15) is 12.8 Å². The molecule has 1 aliphatic heterocycles. The molecule has 86 valence electrons. The maximum absolute atomic E-state index is 11.7. The molecule has 1 aromatic rings. The van der Waals surface area contributed by atoms with E-state index in [1.54, 1.807) is 13.2 Å². The van der Waals surface area contributed by atoms with E-state index in [1.807, 2.05) is 18.2 Å². The molecule has 0 radical (unpaired) electrons. The van der Waals surface area contributed by atoms with Gasteiger partial charge in [-0.1, -0.05) is 6.07 Å². The van der Waals surface area contributed by atoms with Gasteiger partial charge in [0.2, 0.25) is 0 Å². The Balaban J connectivity index is 1.99. The Morgan fingerprint density at radius 1 is 1.56 bits per heavy atom. The molecule has 0 unspecified atom stereocenters. The van der Waals surface area contributed by atoms with Crippen LogP contribution in [0.25, 0.3) is 0 Å². The maximum Gasteiger partial charge on any atom is 0.253 e. The number of ether oxygens (including phenoxy) is 2. The fraction of sp³-hybridized carbons (Fsp3) is 0.417. The van der Waals surface area contributed by atoms with Crippen LogP contribution in [0.2, 0.25) is 0 Å². The SMILES string of the molecule is COc1cccc(NC(=O)[C@H]2CCCO2)c1. The molecule has 1 atom stereocenters. The fourth-order valence-corrected chi connectivity index (χ4v) is 1.71. The van der Waals surface area contributed by atoms with Gasteiger partial charge >= 0.3 is 0 Å². The van der Waals surface area contributed by atoms with Crippen LogP contribution in [-0.2, 0) is 9.53 Å². The van der Waals surface area contributed by atoms with Crippen LogP contribution < -0.4 is 10.1 Å². The van der Waals surface area contributed by atoms with Gasteiger partial charge in [-0.3, -0.25) is 4.79 Å². The summed E-state index contributed by atoms with van der Waals surface area (Å²) in [4.78, 5) is 11.7. The topological polar surface area (TPSA) is 47.6 Å². The predicted molar refractivity (Wildman–Crippen MR) is 60.6 cm³/mol. The molecule has 0 aromatic heterocycles.